The largest absolute Gasteiger partial charge is 0.462 e. The van der Waals surface area contributed by atoms with Gasteiger partial charge in [-0.25, -0.2) is 4.79 Å². The fourth-order valence-corrected chi connectivity index (χ4v) is 2.78. The van der Waals surface area contributed by atoms with E-state index in [1.165, 1.54) is 6.20 Å². The molecule has 2 aromatic carbocycles. The number of ether oxygens (including phenoxy) is 1. The summed E-state index contributed by atoms with van der Waals surface area (Å²) in [7, 11) is 0. The van der Waals surface area contributed by atoms with Crippen molar-refractivity contribution in [1.82, 2.24) is 5.32 Å². The number of aryl methyl sites for hydroxylation is 2. The summed E-state index contributed by atoms with van der Waals surface area (Å²) in [4.78, 5) is 24.2. The van der Waals surface area contributed by atoms with Crippen molar-refractivity contribution < 1.29 is 14.3 Å². The second-order valence-corrected chi connectivity index (χ2v) is 6.38. The van der Waals surface area contributed by atoms with Crippen LogP contribution in [0.25, 0.3) is 0 Å². The molecule has 0 heterocycles. The summed E-state index contributed by atoms with van der Waals surface area (Å²) in [5, 5.41) is 15.2. The molecule has 150 valence electrons. The zero-order valence-electron chi connectivity index (χ0n) is 16.9. The van der Waals surface area contributed by atoms with Crippen molar-refractivity contribution in [2.24, 2.45) is 0 Å². The molecule has 6 heteroatoms. The Labute approximate surface area is 171 Å². The van der Waals surface area contributed by atoms with Gasteiger partial charge in [-0.3, -0.25) is 4.79 Å². The van der Waals surface area contributed by atoms with Gasteiger partial charge in [-0.2, -0.15) is 5.26 Å². The molecule has 0 atom stereocenters. The maximum Gasteiger partial charge on any atom is 0.338 e. The number of amides is 1. The highest BCUT2D eigenvalue weighted by Gasteiger charge is 2.13. The molecular weight excluding hydrogens is 366 g/mol. The quantitative estimate of drug-likeness (QED) is 0.405. The number of nitriles is 1. The maximum atomic E-state index is 12.5. The summed E-state index contributed by atoms with van der Waals surface area (Å²) in [6.45, 7) is 6.43. The van der Waals surface area contributed by atoms with Crippen molar-refractivity contribution in [2.75, 3.05) is 11.9 Å². The minimum atomic E-state index is -0.457. The van der Waals surface area contributed by atoms with Gasteiger partial charge in [0.05, 0.1) is 12.2 Å². The fraction of sp³-hybridized carbons (Fsp3) is 0.261. The third-order valence-electron chi connectivity index (χ3n) is 4.36. The highest BCUT2D eigenvalue weighted by atomic mass is 16.5. The first-order chi connectivity index (χ1) is 14.0. The van der Waals surface area contributed by atoms with Crippen molar-refractivity contribution in [3.8, 4) is 6.07 Å². The van der Waals surface area contributed by atoms with E-state index in [-0.39, 0.29) is 11.5 Å². The zero-order valence-corrected chi connectivity index (χ0v) is 16.9. The van der Waals surface area contributed by atoms with Crippen molar-refractivity contribution in [3.63, 3.8) is 0 Å². The van der Waals surface area contributed by atoms with Crippen LogP contribution in [0, 0.1) is 18.3 Å². The number of nitrogens with zero attached hydrogens (tertiary/aromatic N) is 1. The molecule has 0 aliphatic heterocycles. The third kappa shape index (κ3) is 5.94. The number of para-hydroxylation sites is 1. The lowest BCUT2D eigenvalue weighted by molar-refractivity contribution is -0.112. The molecule has 0 fully saturated rings. The van der Waals surface area contributed by atoms with E-state index < -0.39 is 5.91 Å². The Balaban J connectivity index is 2.01. The Kier molecular flexibility index (Phi) is 7.99. The molecule has 0 aromatic heterocycles. The lowest BCUT2D eigenvalue weighted by Gasteiger charge is -2.12. The highest BCUT2D eigenvalue weighted by Crippen LogP contribution is 2.21. The number of esters is 1. The normalized spacial score (nSPS) is 10.8. The molecule has 0 bridgehead atoms. The number of benzene rings is 2. The highest BCUT2D eigenvalue weighted by molar-refractivity contribution is 6.07. The van der Waals surface area contributed by atoms with Crippen LogP contribution in [0.4, 0.5) is 5.69 Å². The van der Waals surface area contributed by atoms with Crippen molar-refractivity contribution in [2.45, 2.75) is 33.7 Å². The minimum Gasteiger partial charge on any atom is -0.462 e. The summed E-state index contributed by atoms with van der Waals surface area (Å²) in [6.07, 6.45) is 2.18. The molecule has 6 nitrogen and oxygen atoms in total. The Morgan fingerprint density at radius 2 is 1.86 bits per heavy atom. The Morgan fingerprint density at radius 3 is 2.48 bits per heavy atom. The first-order valence-electron chi connectivity index (χ1n) is 9.49. The number of hydrogen-bond donors (Lipinski definition) is 2. The van der Waals surface area contributed by atoms with Crippen LogP contribution in [0.15, 0.2) is 54.2 Å². The van der Waals surface area contributed by atoms with E-state index >= 15 is 0 Å². The van der Waals surface area contributed by atoms with Gasteiger partial charge >= 0.3 is 5.97 Å². The average molecular weight is 391 g/mol. The van der Waals surface area contributed by atoms with Crippen LogP contribution >= 0.6 is 0 Å². The van der Waals surface area contributed by atoms with Gasteiger partial charge < -0.3 is 15.4 Å². The molecule has 0 aliphatic rings. The second-order valence-electron chi connectivity index (χ2n) is 6.38. The van der Waals surface area contributed by atoms with Gasteiger partial charge in [-0.15, -0.1) is 0 Å². The molecule has 29 heavy (non-hydrogen) atoms. The summed E-state index contributed by atoms with van der Waals surface area (Å²) < 4.78 is 4.95. The summed E-state index contributed by atoms with van der Waals surface area (Å²) in [5.74, 6) is -0.820. The minimum absolute atomic E-state index is 0.0153. The number of rotatable bonds is 8. The zero-order chi connectivity index (χ0) is 21.2. The topological polar surface area (TPSA) is 91.2 Å². The number of anilines is 1. The van der Waals surface area contributed by atoms with Crippen LogP contribution in [0.1, 0.15) is 40.9 Å². The Bertz CT molecular complexity index is 941. The van der Waals surface area contributed by atoms with Crippen LogP contribution in [0.2, 0.25) is 0 Å². The standard InChI is InChI=1S/C23H25N3O3/c1-4-18-8-6-7-16(3)21(18)26-22(27)20(13-24)15-25-14-17-9-11-19(12-10-17)23(28)29-5-2/h6-12,15,25H,4-5,14H2,1-3H3,(H,26,27)/b20-15-. The van der Waals surface area contributed by atoms with Crippen LogP contribution in [-0.4, -0.2) is 18.5 Å². The molecule has 2 N–H and O–H groups in total. The van der Waals surface area contributed by atoms with E-state index in [0.29, 0.717) is 18.7 Å². The number of carbonyl (C=O) groups excluding carboxylic acids is 2. The van der Waals surface area contributed by atoms with E-state index in [2.05, 4.69) is 10.6 Å². The molecular formula is C23H25N3O3. The van der Waals surface area contributed by atoms with Gasteiger partial charge in [0.2, 0.25) is 0 Å². The second kappa shape index (κ2) is 10.7. The number of hydrogen-bond acceptors (Lipinski definition) is 5. The van der Waals surface area contributed by atoms with Crippen molar-refractivity contribution >= 4 is 17.6 Å². The van der Waals surface area contributed by atoms with Crippen LogP contribution < -0.4 is 10.6 Å². The van der Waals surface area contributed by atoms with Gasteiger partial charge in [0.1, 0.15) is 11.6 Å². The van der Waals surface area contributed by atoms with Crippen LogP contribution in [-0.2, 0) is 22.5 Å². The Morgan fingerprint density at radius 1 is 1.14 bits per heavy atom. The van der Waals surface area contributed by atoms with Crippen LogP contribution in [0.3, 0.4) is 0 Å². The molecule has 2 rings (SSSR count). The van der Waals surface area contributed by atoms with Gasteiger partial charge in [-0.1, -0.05) is 37.3 Å². The van der Waals surface area contributed by atoms with Gasteiger partial charge in [0.25, 0.3) is 5.91 Å². The Hall–Kier alpha value is -3.59. The smallest absolute Gasteiger partial charge is 0.338 e. The van der Waals surface area contributed by atoms with E-state index in [4.69, 9.17) is 4.74 Å². The van der Waals surface area contributed by atoms with Gasteiger partial charge in [0.15, 0.2) is 0 Å². The maximum absolute atomic E-state index is 12.5. The molecule has 2 aromatic rings. The van der Waals surface area contributed by atoms with E-state index in [9.17, 15) is 14.9 Å². The molecule has 0 spiro atoms. The SMILES string of the molecule is CCOC(=O)c1ccc(CN/C=C(/C#N)C(=O)Nc2c(C)cccc2CC)cc1. The van der Waals surface area contributed by atoms with Crippen molar-refractivity contribution in [1.29, 1.82) is 5.26 Å². The van der Waals surface area contributed by atoms with Gasteiger partial charge in [-0.05, 0) is 49.1 Å². The molecule has 0 saturated heterocycles. The predicted molar refractivity (Wildman–Crippen MR) is 112 cm³/mol. The first kappa shape index (κ1) is 21.7. The fourth-order valence-electron chi connectivity index (χ4n) is 2.78. The van der Waals surface area contributed by atoms with Crippen LogP contribution in [0.5, 0.6) is 0 Å². The number of nitrogens with one attached hydrogen (secondary N) is 2. The molecule has 0 saturated carbocycles. The van der Waals surface area contributed by atoms with E-state index in [1.54, 1.807) is 31.2 Å². The molecule has 0 unspecified atom stereocenters. The monoisotopic (exact) mass is 391 g/mol. The predicted octanol–water partition coefficient (Wildman–Crippen LogP) is 3.87. The van der Waals surface area contributed by atoms with Crippen molar-refractivity contribution in [3.05, 3.63) is 76.5 Å². The first-order valence-corrected chi connectivity index (χ1v) is 9.49. The lowest BCUT2D eigenvalue weighted by Crippen LogP contribution is -2.18. The third-order valence-corrected chi connectivity index (χ3v) is 4.36. The van der Waals surface area contributed by atoms with E-state index in [1.807, 2.05) is 38.1 Å². The summed E-state index contributed by atoms with van der Waals surface area (Å²) >= 11 is 0. The summed E-state index contributed by atoms with van der Waals surface area (Å²) in [5.41, 5.74) is 4.08. The average Bonchev–Trinajstić information content (AvgIpc) is 2.73. The molecule has 0 aliphatic carbocycles. The molecule has 0 radical (unpaired) electrons. The summed E-state index contributed by atoms with van der Waals surface area (Å²) in [6, 6.07) is 14.7. The lowest BCUT2D eigenvalue weighted by atomic mass is 10.1. The van der Waals surface area contributed by atoms with Gasteiger partial charge in [0, 0.05) is 18.4 Å². The van der Waals surface area contributed by atoms with E-state index in [0.717, 1.165) is 28.8 Å². The molecule has 1 amide bonds. The number of carbonyl (C=O) groups is 2.